The van der Waals surface area contributed by atoms with Crippen molar-refractivity contribution in [2.75, 3.05) is 13.7 Å². The minimum absolute atomic E-state index is 0.0831. The number of aryl methyl sites for hydroxylation is 1. The van der Waals surface area contributed by atoms with Crippen molar-refractivity contribution in [1.29, 1.82) is 0 Å². The first-order valence-electron chi connectivity index (χ1n) is 10.1. The van der Waals surface area contributed by atoms with E-state index < -0.39 is 0 Å². The molecule has 0 fully saturated rings. The minimum Gasteiger partial charge on any atom is -0.497 e. The third-order valence-electron chi connectivity index (χ3n) is 5.17. The Labute approximate surface area is 180 Å². The fraction of sp³-hybridized carbons (Fsp3) is 0.154. The molecule has 0 saturated heterocycles. The summed E-state index contributed by atoms with van der Waals surface area (Å²) in [4.78, 5) is 24.9. The van der Waals surface area contributed by atoms with E-state index in [1.165, 1.54) is 6.07 Å². The zero-order chi connectivity index (χ0) is 21.8. The first kappa shape index (κ1) is 20.4. The van der Waals surface area contributed by atoms with E-state index in [-0.39, 0.29) is 11.3 Å². The summed E-state index contributed by atoms with van der Waals surface area (Å²) in [6.07, 6.45) is 0.732. The monoisotopic (exact) mass is 413 g/mol. The summed E-state index contributed by atoms with van der Waals surface area (Å²) in [5.41, 5.74) is 3.90. The number of carbonyl (C=O) groups is 1. The van der Waals surface area contributed by atoms with Gasteiger partial charge in [0.05, 0.1) is 12.5 Å². The maximum Gasteiger partial charge on any atom is 0.251 e. The first-order chi connectivity index (χ1) is 15.0. The van der Waals surface area contributed by atoms with Gasteiger partial charge in [-0.3, -0.25) is 9.59 Å². The highest BCUT2D eigenvalue weighted by atomic mass is 16.5. The van der Waals surface area contributed by atoms with Crippen LogP contribution in [0.3, 0.4) is 0 Å². The molecule has 0 spiro atoms. The fourth-order valence-corrected chi connectivity index (χ4v) is 3.41. The van der Waals surface area contributed by atoms with Crippen LogP contribution in [0, 0.1) is 6.92 Å². The molecule has 156 valence electrons. The van der Waals surface area contributed by atoms with Crippen molar-refractivity contribution in [3.8, 4) is 17.1 Å². The summed E-state index contributed by atoms with van der Waals surface area (Å²) in [6, 6.07) is 21.9. The molecule has 3 aromatic carbocycles. The molecule has 0 aliphatic heterocycles. The molecular formula is C26H23NO4. The second-order valence-electron chi connectivity index (χ2n) is 7.41. The predicted octanol–water partition coefficient (Wildman–Crippen LogP) is 4.75. The van der Waals surface area contributed by atoms with E-state index in [2.05, 4.69) is 5.32 Å². The van der Waals surface area contributed by atoms with Crippen molar-refractivity contribution in [3.05, 3.63) is 99.7 Å². The highest BCUT2D eigenvalue weighted by Crippen LogP contribution is 2.23. The average Bonchev–Trinajstić information content (AvgIpc) is 2.80. The SMILES string of the molecule is COc1ccc(CCNC(=O)c2ccc(-c3cc(=O)c4cc(C)ccc4o3)cc2)cc1. The van der Waals surface area contributed by atoms with E-state index in [0.29, 0.717) is 28.8 Å². The maximum absolute atomic E-state index is 12.4. The van der Waals surface area contributed by atoms with Gasteiger partial charge in [-0.15, -0.1) is 0 Å². The van der Waals surface area contributed by atoms with Crippen LogP contribution in [0.1, 0.15) is 21.5 Å². The summed E-state index contributed by atoms with van der Waals surface area (Å²) < 4.78 is 11.1. The van der Waals surface area contributed by atoms with E-state index in [1.807, 2.05) is 43.3 Å². The zero-order valence-corrected chi connectivity index (χ0v) is 17.5. The molecule has 5 nitrogen and oxygen atoms in total. The van der Waals surface area contributed by atoms with Gasteiger partial charge < -0.3 is 14.5 Å². The Balaban J connectivity index is 1.42. The molecule has 1 N–H and O–H groups in total. The molecule has 4 rings (SSSR count). The van der Waals surface area contributed by atoms with Crippen molar-refractivity contribution in [2.45, 2.75) is 13.3 Å². The number of benzene rings is 3. The number of fused-ring (bicyclic) bond motifs is 1. The molecule has 5 heteroatoms. The predicted molar refractivity (Wildman–Crippen MR) is 122 cm³/mol. The van der Waals surface area contributed by atoms with Gasteiger partial charge in [-0.1, -0.05) is 35.9 Å². The molecule has 0 unspecified atom stereocenters. The molecule has 0 atom stereocenters. The number of rotatable bonds is 6. The Morgan fingerprint density at radius 2 is 1.71 bits per heavy atom. The lowest BCUT2D eigenvalue weighted by Gasteiger charge is -2.08. The zero-order valence-electron chi connectivity index (χ0n) is 17.5. The van der Waals surface area contributed by atoms with Crippen LogP contribution in [0.15, 0.2) is 82.0 Å². The van der Waals surface area contributed by atoms with Crippen LogP contribution >= 0.6 is 0 Å². The highest BCUT2D eigenvalue weighted by molar-refractivity contribution is 5.94. The molecule has 0 aliphatic carbocycles. The van der Waals surface area contributed by atoms with Crippen LogP contribution in [0.2, 0.25) is 0 Å². The molecule has 1 amide bonds. The Bertz CT molecular complexity index is 1270. The van der Waals surface area contributed by atoms with Gasteiger partial charge in [-0.2, -0.15) is 0 Å². The second-order valence-corrected chi connectivity index (χ2v) is 7.41. The second kappa shape index (κ2) is 8.88. The standard InChI is InChI=1S/C26H23NO4/c1-17-3-12-24-22(15-17)23(28)16-25(31-24)19-6-8-20(9-7-19)26(29)27-14-13-18-4-10-21(30-2)11-5-18/h3-12,15-16H,13-14H2,1-2H3,(H,27,29). The molecule has 1 heterocycles. The number of ether oxygens (including phenoxy) is 1. The Morgan fingerprint density at radius 3 is 2.42 bits per heavy atom. The molecular weight excluding hydrogens is 390 g/mol. The molecule has 4 aromatic rings. The Hall–Kier alpha value is -3.86. The number of amides is 1. The molecule has 0 radical (unpaired) electrons. The lowest BCUT2D eigenvalue weighted by molar-refractivity contribution is 0.0954. The molecule has 0 saturated carbocycles. The fourth-order valence-electron chi connectivity index (χ4n) is 3.41. The number of hydrogen-bond donors (Lipinski definition) is 1. The number of carbonyl (C=O) groups excluding carboxylic acids is 1. The Kier molecular flexibility index (Phi) is 5.85. The van der Waals surface area contributed by atoms with Crippen LogP contribution < -0.4 is 15.5 Å². The van der Waals surface area contributed by atoms with Gasteiger partial charge in [-0.25, -0.2) is 0 Å². The topological polar surface area (TPSA) is 68.5 Å². The van der Waals surface area contributed by atoms with Crippen LogP contribution in [-0.4, -0.2) is 19.6 Å². The van der Waals surface area contributed by atoms with Gasteiger partial charge >= 0.3 is 0 Å². The van der Waals surface area contributed by atoms with Crippen molar-refractivity contribution in [2.24, 2.45) is 0 Å². The number of nitrogens with one attached hydrogen (secondary N) is 1. The van der Waals surface area contributed by atoms with E-state index in [0.717, 1.165) is 28.9 Å². The van der Waals surface area contributed by atoms with Gasteiger partial charge in [0, 0.05) is 23.7 Å². The van der Waals surface area contributed by atoms with Crippen LogP contribution in [0.4, 0.5) is 0 Å². The van der Waals surface area contributed by atoms with Crippen LogP contribution in [-0.2, 0) is 6.42 Å². The van der Waals surface area contributed by atoms with Crippen molar-refractivity contribution in [1.82, 2.24) is 5.32 Å². The lowest BCUT2D eigenvalue weighted by atomic mass is 10.1. The van der Waals surface area contributed by atoms with Gasteiger partial charge in [0.1, 0.15) is 17.1 Å². The smallest absolute Gasteiger partial charge is 0.251 e. The van der Waals surface area contributed by atoms with E-state index in [4.69, 9.17) is 9.15 Å². The van der Waals surface area contributed by atoms with E-state index >= 15 is 0 Å². The van der Waals surface area contributed by atoms with Gasteiger partial charge in [0.25, 0.3) is 5.91 Å². The first-order valence-corrected chi connectivity index (χ1v) is 10.1. The third-order valence-corrected chi connectivity index (χ3v) is 5.17. The summed E-state index contributed by atoms with van der Waals surface area (Å²) in [7, 11) is 1.63. The van der Waals surface area contributed by atoms with E-state index in [9.17, 15) is 9.59 Å². The van der Waals surface area contributed by atoms with Gasteiger partial charge in [0.2, 0.25) is 0 Å². The normalized spacial score (nSPS) is 10.8. The summed E-state index contributed by atoms with van der Waals surface area (Å²) >= 11 is 0. The minimum atomic E-state index is -0.143. The van der Waals surface area contributed by atoms with Gasteiger partial charge in [0.15, 0.2) is 5.43 Å². The molecule has 31 heavy (non-hydrogen) atoms. The quantitative estimate of drug-likeness (QED) is 0.495. The maximum atomic E-state index is 12.4. The van der Waals surface area contributed by atoms with Crippen molar-refractivity contribution >= 4 is 16.9 Å². The summed E-state index contributed by atoms with van der Waals surface area (Å²) in [5, 5.41) is 3.50. The van der Waals surface area contributed by atoms with E-state index in [1.54, 1.807) is 37.4 Å². The number of hydrogen-bond acceptors (Lipinski definition) is 4. The Morgan fingerprint density at radius 1 is 0.968 bits per heavy atom. The van der Waals surface area contributed by atoms with Crippen LogP contribution in [0.5, 0.6) is 5.75 Å². The highest BCUT2D eigenvalue weighted by Gasteiger charge is 2.09. The average molecular weight is 413 g/mol. The van der Waals surface area contributed by atoms with Crippen LogP contribution in [0.25, 0.3) is 22.3 Å². The molecule has 0 bridgehead atoms. The number of methoxy groups -OCH3 is 1. The van der Waals surface area contributed by atoms with Crippen molar-refractivity contribution in [3.63, 3.8) is 0 Å². The molecule has 0 aliphatic rings. The molecule has 1 aromatic heterocycles. The summed E-state index contributed by atoms with van der Waals surface area (Å²) in [5.74, 6) is 1.15. The lowest BCUT2D eigenvalue weighted by Crippen LogP contribution is -2.25. The van der Waals surface area contributed by atoms with Crippen molar-refractivity contribution < 1.29 is 13.9 Å². The third kappa shape index (κ3) is 4.67. The largest absolute Gasteiger partial charge is 0.497 e. The van der Waals surface area contributed by atoms with Gasteiger partial charge in [-0.05, 0) is 55.3 Å². The summed E-state index contributed by atoms with van der Waals surface area (Å²) in [6.45, 7) is 2.47.